The van der Waals surface area contributed by atoms with E-state index < -0.39 is 20.5 Å². The second kappa shape index (κ2) is 4.90. The minimum atomic E-state index is -3.40. The molecule has 20 heavy (non-hydrogen) atoms. The van der Waals surface area contributed by atoms with E-state index in [0.29, 0.717) is 11.3 Å². The molecule has 2 aromatic rings. The number of alkyl halides is 1. The lowest BCUT2D eigenvalue weighted by Crippen LogP contribution is -2.23. The van der Waals surface area contributed by atoms with Gasteiger partial charge in [-0.3, -0.25) is 0 Å². The third-order valence-electron chi connectivity index (χ3n) is 3.85. The average molecular weight is 307 g/mol. The molecule has 0 aromatic heterocycles. The maximum Gasteiger partial charge on any atom is 0.183 e. The fraction of sp³-hybridized carbons (Fsp3) is 0.250. The number of rotatable bonds is 2. The zero-order valence-corrected chi connectivity index (χ0v) is 12.7. The van der Waals surface area contributed by atoms with Crippen molar-refractivity contribution in [3.63, 3.8) is 0 Å². The van der Waals surface area contributed by atoms with Crippen molar-refractivity contribution in [1.29, 1.82) is 0 Å². The number of hydrogen-bond donors (Lipinski definition) is 0. The molecule has 0 unspecified atom stereocenters. The molecule has 3 rings (SSSR count). The van der Waals surface area contributed by atoms with Crippen LogP contribution in [0.5, 0.6) is 0 Å². The molecule has 0 fully saturated rings. The van der Waals surface area contributed by atoms with Gasteiger partial charge in [0.15, 0.2) is 9.84 Å². The Bertz CT molecular complexity index is 735. The highest BCUT2D eigenvalue weighted by atomic mass is 35.5. The van der Waals surface area contributed by atoms with E-state index in [1.165, 1.54) is 0 Å². The van der Waals surface area contributed by atoms with Gasteiger partial charge in [0.2, 0.25) is 0 Å². The highest BCUT2D eigenvalue weighted by Gasteiger charge is 2.40. The Morgan fingerprint density at radius 3 is 2.35 bits per heavy atom. The Labute approximate surface area is 124 Å². The summed E-state index contributed by atoms with van der Waals surface area (Å²) in [4.78, 5) is 0.353. The van der Waals surface area contributed by atoms with E-state index in [9.17, 15) is 8.42 Å². The van der Waals surface area contributed by atoms with E-state index in [1.54, 1.807) is 12.1 Å². The van der Waals surface area contributed by atoms with Crippen LogP contribution in [0, 0.1) is 6.92 Å². The quantitative estimate of drug-likeness (QED) is 0.793. The maximum atomic E-state index is 12.7. The smallest absolute Gasteiger partial charge is 0.183 e. The summed E-state index contributed by atoms with van der Waals surface area (Å²) in [5, 5.41) is -1.05. The van der Waals surface area contributed by atoms with E-state index in [2.05, 4.69) is 0 Å². The molecular weight excluding hydrogens is 292 g/mol. The SMILES string of the molecule is Cc1ccc(S(=O)(=O)[C@H]2Cc3ccccc3[C@H]2Cl)cc1. The van der Waals surface area contributed by atoms with E-state index in [4.69, 9.17) is 11.6 Å². The van der Waals surface area contributed by atoms with Crippen molar-refractivity contribution >= 4 is 21.4 Å². The van der Waals surface area contributed by atoms with Gasteiger partial charge in [-0.25, -0.2) is 8.42 Å². The van der Waals surface area contributed by atoms with Gasteiger partial charge >= 0.3 is 0 Å². The Morgan fingerprint density at radius 2 is 1.70 bits per heavy atom. The normalized spacial score (nSPS) is 21.7. The number of benzene rings is 2. The molecule has 0 aliphatic heterocycles. The zero-order chi connectivity index (χ0) is 14.3. The fourth-order valence-electron chi connectivity index (χ4n) is 2.68. The predicted molar refractivity (Wildman–Crippen MR) is 80.9 cm³/mol. The fourth-order valence-corrected chi connectivity index (χ4v) is 5.11. The summed E-state index contributed by atoms with van der Waals surface area (Å²) in [6.07, 6.45) is 0.487. The summed E-state index contributed by atoms with van der Waals surface area (Å²) in [5.74, 6) is 0. The third kappa shape index (κ3) is 2.15. The summed E-state index contributed by atoms with van der Waals surface area (Å²) in [6.45, 7) is 1.94. The summed E-state index contributed by atoms with van der Waals surface area (Å²) in [5.41, 5.74) is 3.02. The van der Waals surface area contributed by atoms with Crippen LogP contribution in [0.4, 0.5) is 0 Å². The van der Waals surface area contributed by atoms with Crippen LogP contribution in [0.25, 0.3) is 0 Å². The second-order valence-electron chi connectivity index (χ2n) is 5.20. The van der Waals surface area contributed by atoms with Crippen LogP contribution < -0.4 is 0 Å². The molecule has 0 amide bonds. The summed E-state index contributed by atoms with van der Waals surface area (Å²) >= 11 is 6.40. The average Bonchev–Trinajstić information content (AvgIpc) is 2.78. The van der Waals surface area contributed by atoms with Gasteiger partial charge < -0.3 is 0 Å². The number of halogens is 1. The topological polar surface area (TPSA) is 34.1 Å². The van der Waals surface area contributed by atoms with E-state index >= 15 is 0 Å². The van der Waals surface area contributed by atoms with Crippen molar-refractivity contribution in [2.24, 2.45) is 0 Å². The first-order chi connectivity index (χ1) is 9.50. The summed E-state index contributed by atoms with van der Waals surface area (Å²) in [7, 11) is -3.40. The molecule has 1 aliphatic carbocycles. The molecule has 4 heteroatoms. The molecule has 0 spiro atoms. The molecule has 2 aromatic carbocycles. The van der Waals surface area contributed by atoms with Crippen LogP contribution in [-0.2, 0) is 16.3 Å². The van der Waals surface area contributed by atoms with Gasteiger partial charge in [-0.05, 0) is 36.6 Å². The number of aryl methyl sites for hydroxylation is 1. The van der Waals surface area contributed by atoms with E-state index in [-0.39, 0.29) is 0 Å². The molecule has 104 valence electrons. The van der Waals surface area contributed by atoms with Gasteiger partial charge in [-0.1, -0.05) is 42.0 Å². The number of sulfone groups is 1. The van der Waals surface area contributed by atoms with Gasteiger partial charge in [0, 0.05) is 0 Å². The Morgan fingerprint density at radius 1 is 1.05 bits per heavy atom. The lowest BCUT2D eigenvalue weighted by atomic mass is 10.1. The van der Waals surface area contributed by atoms with Crippen LogP contribution in [0.15, 0.2) is 53.4 Å². The van der Waals surface area contributed by atoms with Crippen molar-refractivity contribution in [1.82, 2.24) is 0 Å². The molecular formula is C16H15ClO2S. The molecule has 0 radical (unpaired) electrons. The van der Waals surface area contributed by atoms with Crippen LogP contribution >= 0.6 is 11.6 Å². The monoisotopic (exact) mass is 306 g/mol. The molecule has 0 saturated heterocycles. The molecule has 1 aliphatic rings. The first kappa shape index (κ1) is 13.7. The number of hydrogen-bond acceptors (Lipinski definition) is 2. The summed E-state index contributed by atoms with van der Waals surface area (Å²) < 4.78 is 25.5. The van der Waals surface area contributed by atoms with Crippen molar-refractivity contribution in [2.45, 2.75) is 28.9 Å². The lowest BCUT2D eigenvalue weighted by molar-refractivity contribution is 0.579. The van der Waals surface area contributed by atoms with Gasteiger partial charge in [-0.15, -0.1) is 11.6 Å². The van der Waals surface area contributed by atoms with Crippen LogP contribution in [-0.4, -0.2) is 13.7 Å². The first-order valence-corrected chi connectivity index (χ1v) is 8.51. The Balaban J connectivity index is 2.00. The van der Waals surface area contributed by atoms with Crippen LogP contribution in [0.1, 0.15) is 22.1 Å². The van der Waals surface area contributed by atoms with E-state index in [0.717, 1.165) is 16.7 Å². The van der Waals surface area contributed by atoms with Crippen LogP contribution in [0.3, 0.4) is 0 Å². The molecule has 2 atom stereocenters. The Kier molecular flexibility index (Phi) is 3.35. The molecule has 0 N–H and O–H groups in total. The van der Waals surface area contributed by atoms with Crippen molar-refractivity contribution in [3.8, 4) is 0 Å². The van der Waals surface area contributed by atoms with Crippen molar-refractivity contribution < 1.29 is 8.42 Å². The van der Waals surface area contributed by atoms with Gasteiger partial charge in [-0.2, -0.15) is 0 Å². The van der Waals surface area contributed by atoms with Gasteiger partial charge in [0.05, 0.1) is 15.5 Å². The van der Waals surface area contributed by atoms with Gasteiger partial charge in [0.1, 0.15) is 0 Å². The van der Waals surface area contributed by atoms with Crippen molar-refractivity contribution in [3.05, 3.63) is 65.2 Å². The summed E-state index contributed by atoms with van der Waals surface area (Å²) in [6, 6.07) is 14.6. The second-order valence-corrected chi connectivity index (χ2v) is 7.84. The third-order valence-corrected chi connectivity index (χ3v) is 6.70. The molecule has 2 nitrogen and oxygen atoms in total. The maximum absolute atomic E-state index is 12.7. The minimum Gasteiger partial charge on any atom is -0.223 e. The van der Waals surface area contributed by atoms with Gasteiger partial charge in [0.25, 0.3) is 0 Å². The number of fused-ring (bicyclic) bond motifs is 1. The predicted octanol–water partition coefficient (Wildman–Crippen LogP) is 3.67. The minimum absolute atomic E-state index is 0.353. The molecule has 0 heterocycles. The zero-order valence-electron chi connectivity index (χ0n) is 11.1. The largest absolute Gasteiger partial charge is 0.223 e. The molecule has 0 saturated carbocycles. The van der Waals surface area contributed by atoms with E-state index in [1.807, 2.05) is 43.3 Å². The Hall–Kier alpha value is -1.32. The van der Waals surface area contributed by atoms with Crippen molar-refractivity contribution in [2.75, 3.05) is 0 Å². The highest BCUT2D eigenvalue weighted by molar-refractivity contribution is 7.92. The van der Waals surface area contributed by atoms with Crippen LogP contribution in [0.2, 0.25) is 0 Å². The molecule has 0 bridgehead atoms. The first-order valence-electron chi connectivity index (χ1n) is 6.52. The highest BCUT2D eigenvalue weighted by Crippen LogP contribution is 2.41. The standard InChI is InChI=1S/C16H15ClO2S/c1-11-6-8-13(9-7-11)20(18,19)15-10-12-4-2-3-5-14(12)16(15)17/h2-9,15-16H,10H2,1H3/t15-,16+/m0/s1. The lowest BCUT2D eigenvalue weighted by Gasteiger charge is -2.15.